The third kappa shape index (κ3) is 2.75. The van der Waals surface area contributed by atoms with E-state index in [9.17, 15) is 23.2 Å². The maximum Gasteiger partial charge on any atom is 0.295 e. The molecule has 0 spiro atoms. The van der Waals surface area contributed by atoms with Gasteiger partial charge >= 0.3 is 0 Å². The Labute approximate surface area is 112 Å². The van der Waals surface area contributed by atoms with Gasteiger partial charge in [-0.15, -0.1) is 0 Å². The summed E-state index contributed by atoms with van der Waals surface area (Å²) in [6.45, 7) is 1.56. The summed E-state index contributed by atoms with van der Waals surface area (Å²) in [6.07, 6.45) is 2.22. The molecule has 2 unspecified atom stereocenters. The van der Waals surface area contributed by atoms with Crippen LogP contribution in [0, 0.1) is 6.92 Å². The first-order chi connectivity index (χ1) is 8.82. The number of aryl methyl sites for hydroxylation is 1. The maximum absolute atomic E-state index is 11.5. The van der Waals surface area contributed by atoms with Crippen molar-refractivity contribution in [3.63, 3.8) is 0 Å². The molecule has 1 aliphatic rings. The molecule has 0 amide bonds. The molecule has 0 bridgehead atoms. The van der Waals surface area contributed by atoms with E-state index in [0.717, 1.165) is 12.8 Å². The summed E-state index contributed by atoms with van der Waals surface area (Å²) < 4.78 is 32.4. The summed E-state index contributed by atoms with van der Waals surface area (Å²) in [5.74, 6) is -0.644. The van der Waals surface area contributed by atoms with Crippen LogP contribution in [0.1, 0.15) is 42.7 Å². The standard InChI is InChI=1S/C13H18O5S/c1-8-6-7-11(15)12(13(8)19(16,17)18)9-4-2-3-5-10(9)14/h6-7,9-10,14-15H,2-5H2,1H3,(H,16,17,18). The lowest BCUT2D eigenvalue weighted by atomic mass is 9.81. The van der Waals surface area contributed by atoms with Crippen LogP contribution in [0.2, 0.25) is 0 Å². The fourth-order valence-corrected chi connectivity index (χ4v) is 3.86. The lowest BCUT2D eigenvalue weighted by Gasteiger charge is -2.29. The van der Waals surface area contributed by atoms with Crippen molar-refractivity contribution in [2.24, 2.45) is 0 Å². The zero-order valence-corrected chi connectivity index (χ0v) is 11.5. The van der Waals surface area contributed by atoms with Crippen molar-refractivity contribution in [3.05, 3.63) is 23.3 Å². The van der Waals surface area contributed by atoms with Crippen molar-refractivity contribution in [1.29, 1.82) is 0 Å². The largest absolute Gasteiger partial charge is 0.508 e. The number of hydrogen-bond donors (Lipinski definition) is 3. The second-order valence-electron chi connectivity index (χ2n) is 5.08. The number of aliphatic hydroxyl groups excluding tert-OH is 1. The third-order valence-electron chi connectivity index (χ3n) is 3.73. The van der Waals surface area contributed by atoms with Gasteiger partial charge in [-0.25, -0.2) is 0 Å². The molecule has 2 rings (SSSR count). The predicted molar refractivity (Wildman–Crippen MR) is 69.9 cm³/mol. The highest BCUT2D eigenvalue weighted by Gasteiger charge is 2.33. The molecule has 6 heteroatoms. The highest BCUT2D eigenvalue weighted by molar-refractivity contribution is 7.86. The van der Waals surface area contributed by atoms with Crippen LogP contribution in [-0.2, 0) is 10.1 Å². The molecule has 19 heavy (non-hydrogen) atoms. The van der Waals surface area contributed by atoms with E-state index < -0.39 is 22.1 Å². The van der Waals surface area contributed by atoms with Crippen LogP contribution in [0.5, 0.6) is 5.75 Å². The minimum absolute atomic E-state index is 0.148. The van der Waals surface area contributed by atoms with E-state index in [-0.39, 0.29) is 16.2 Å². The molecule has 1 aliphatic carbocycles. The zero-order valence-electron chi connectivity index (χ0n) is 10.7. The van der Waals surface area contributed by atoms with Crippen molar-refractivity contribution in [2.75, 3.05) is 0 Å². The van der Waals surface area contributed by atoms with E-state index in [1.165, 1.54) is 12.1 Å². The van der Waals surface area contributed by atoms with Crippen LogP contribution >= 0.6 is 0 Å². The van der Waals surface area contributed by atoms with Gasteiger partial charge in [-0.2, -0.15) is 8.42 Å². The van der Waals surface area contributed by atoms with Crippen LogP contribution in [0.3, 0.4) is 0 Å². The second-order valence-corrected chi connectivity index (χ2v) is 6.44. The van der Waals surface area contributed by atoms with E-state index in [0.29, 0.717) is 18.4 Å². The summed E-state index contributed by atoms with van der Waals surface area (Å²) in [5.41, 5.74) is 0.516. The van der Waals surface area contributed by atoms with E-state index in [1.807, 2.05) is 0 Å². The molecular weight excluding hydrogens is 268 g/mol. The number of phenolic OH excluding ortho intramolecular Hbond substituents is 1. The SMILES string of the molecule is Cc1ccc(O)c(C2CCCCC2O)c1S(=O)(=O)O. The number of benzene rings is 1. The quantitative estimate of drug-likeness (QED) is 0.722. The second kappa shape index (κ2) is 5.11. The normalized spacial score (nSPS) is 24.4. The van der Waals surface area contributed by atoms with Gasteiger partial charge in [-0.3, -0.25) is 4.55 Å². The van der Waals surface area contributed by atoms with Gasteiger partial charge in [0.25, 0.3) is 10.1 Å². The molecule has 3 N–H and O–H groups in total. The van der Waals surface area contributed by atoms with Crippen molar-refractivity contribution < 1.29 is 23.2 Å². The number of aromatic hydroxyl groups is 1. The van der Waals surface area contributed by atoms with Crippen molar-refractivity contribution in [3.8, 4) is 5.75 Å². The maximum atomic E-state index is 11.5. The molecule has 2 atom stereocenters. The summed E-state index contributed by atoms with van der Waals surface area (Å²) in [7, 11) is -4.43. The predicted octanol–water partition coefficient (Wildman–Crippen LogP) is 1.97. The van der Waals surface area contributed by atoms with Crippen molar-refractivity contribution in [1.82, 2.24) is 0 Å². The number of aliphatic hydroxyl groups is 1. The van der Waals surface area contributed by atoms with Gasteiger partial charge in [0.1, 0.15) is 10.6 Å². The van der Waals surface area contributed by atoms with Gasteiger partial charge in [0, 0.05) is 11.5 Å². The monoisotopic (exact) mass is 286 g/mol. The van der Waals surface area contributed by atoms with Crippen LogP contribution in [0.4, 0.5) is 0 Å². The summed E-state index contributed by atoms with van der Waals surface area (Å²) in [4.78, 5) is -0.265. The lowest BCUT2D eigenvalue weighted by molar-refractivity contribution is 0.104. The Hall–Kier alpha value is -1.11. The van der Waals surface area contributed by atoms with Crippen LogP contribution in [0.15, 0.2) is 17.0 Å². The number of rotatable bonds is 2. The van der Waals surface area contributed by atoms with Gasteiger partial charge in [-0.1, -0.05) is 18.9 Å². The fourth-order valence-electron chi connectivity index (χ4n) is 2.85. The first-order valence-corrected chi connectivity index (χ1v) is 7.74. The van der Waals surface area contributed by atoms with Gasteiger partial charge in [0.2, 0.25) is 0 Å². The Kier molecular flexibility index (Phi) is 3.85. The van der Waals surface area contributed by atoms with Crippen LogP contribution in [0.25, 0.3) is 0 Å². The molecule has 106 valence electrons. The van der Waals surface area contributed by atoms with Crippen molar-refractivity contribution >= 4 is 10.1 Å². The molecular formula is C13H18O5S. The van der Waals surface area contributed by atoms with Gasteiger partial charge < -0.3 is 10.2 Å². The minimum atomic E-state index is -4.43. The Morgan fingerprint density at radius 3 is 2.42 bits per heavy atom. The molecule has 1 aromatic carbocycles. The molecule has 1 saturated carbocycles. The van der Waals surface area contributed by atoms with E-state index in [4.69, 9.17) is 0 Å². The van der Waals surface area contributed by atoms with Gasteiger partial charge in [-0.05, 0) is 31.4 Å². The molecule has 0 saturated heterocycles. The molecule has 5 nitrogen and oxygen atoms in total. The minimum Gasteiger partial charge on any atom is -0.508 e. The van der Waals surface area contributed by atoms with Crippen LogP contribution in [-0.4, -0.2) is 29.3 Å². The first kappa shape index (κ1) is 14.3. The van der Waals surface area contributed by atoms with E-state index in [2.05, 4.69) is 0 Å². The van der Waals surface area contributed by atoms with Crippen LogP contribution < -0.4 is 0 Å². The Morgan fingerprint density at radius 1 is 1.21 bits per heavy atom. The average molecular weight is 286 g/mol. The molecule has 0 aliphatic heterocycles. The summed E-state index contributed by atoms with van der Waals surface area (Å²) >= 11 is 0. The first-order valence-electron chi connectivity index (χ1n) is 6.30. The fraction of sp³-hybridized carbons (Fsp3) is 0.538. The molecule has 0 heterocycles. The Balaban J connectivity index is 2.64. The molecule has 1 fully saturated rings. The third-order valence-corrected chi connectivity index (χ3v) is 4.79. The average Bonchev–Trinajstić information content (AvgIpc) is 2.31. The molecule has 1 aromatic rings. The van der Waals surface area contributed by atoms with Gasteiger partial charge in [0.15, 0.2) is 0 Å². The Morgan fingerprint density at radius 2 is 1.84 bits per heavy atom. The zero-order chi connectivity index (χ0) is 14.2. The topological polar surface area (TPSA) is 94.8 Å². The van der Waals surface area contributed by atoms with Crippen molar-refractivity contribution in [2.45, 2.75) is 49.5 Å². The number of phenols is 1. The molecule has 0 aromatic heterocycles. The highest BCUT2D eigenvalue weighted by atomic mass is 32.2. The number of hydrogen-bond acceptors (Lipinski definition) is 4. The summed E-state index contributed by atoms with van der Waals surface area (Å²) in [5, 5.41) is 20.0. The van der Waals surface area contributed by atoms with Gasteiger partial charge in [0.05, 0.1) is 6.10 Å². The Bertz CT molecular complexity index is 579. The molecule has 0 radical (unpaired) electrons. The van der Waals surface area contributed by atoms with E-state index in [1.54, 1.807) is 6.92 Å². The summed E-state index contributed by atoms with van der Waals surface area (Å²) in [6, 6.07) is 2.85. The smallest absolute Gasteiger partial charge is 0.295 e. The van der Waals surface area contributed by atoms with E-state index >= 15 is 0 Å². The highest BCUT2D eigenvalue weighted by Crippen LogP contribution is 2.41. The lowest BCUT2D eigenvalue weighted by Crippen LogP contribution is -2.24.